The van der Waals surface area contributed by atoms with Crippen molar-refractivity contribution in [3.63, 3.8) is 0 Å². The Bertz CT molecular complexity index is 917. The number of aryl methyl sites for hydroxylation is 1. The zero-order valence-corrected chi connectivity index (χ0v) is 11.9. The highest BCUT2D eigenvalue weighted by Crippen LogP contribution is 2.21. The fourth-order valence-electron chi connectivity index (χ4n) is 2.85. The molecule has 0 aliphatic rings. The van der Waals surface area contributed by atoms with Crippen LogP contribution in [0.4, 0.5) is 0 Å². The summed E-state index contributed by atoms with van der Waals surface area (Å²) in [6.07, 6.45) is 1.89. The van der Waals surface area contributed by atoms with E-state index in [0.717, 1.165) is 29.8 Å². The van der Waals surface area contributed by atoms with Crippen LogP contribution >= 0.6 is 0 Å². The van der Waals surface area contributed by atoms with Gasteiger partial charge in [0.05, 0.1) is 35.1 Å². The van der Waals surface area contributed by atoms with E-state index in [1.54, 1.807) is 0 Å². The first kappa shape index (κ1) is 12.1. The molecule has 0 saturated heterocycles. The average Bonchev–Trinajstić information content (AvgIpc) is 3.10. The van der Waals surface area contributed by atoms with Crippen LogP contribution in [0.5, 0.6) is 0 Å². The highest BCUT2D eigenvalue weighted by Gasteiger charge is 2.11. The molecule has 0 amide bonds. The number of rotatable bonds is 3. The molecule has 4 rings (SSSR count). The topological polar surface area (TPSA) is 35.6 Å². The van der Waals surface area contributed by atoms with Crippen LogP contribution < -0.4 is 0 Å². The average molecular weight is 276 g/mol. The van der Waals surface area contributed by atoms with Gasteiger partial charge in [-0.2, -0.15) is 5.10 Å². The van der Waals surface area contributed by atoms with E-state index in [0.29, 0.717) is 0 Å². The molecule has 4 aromatic rings. The lowest BCUT2D eigenvalue weighted by Crippen LogP contribution is -2.01. The maximum absolute atomic E-state index is 4.76. The summed E-state index contributed by atoms with van der Waals surface area (Å²) in [5, 5.41) is 5.98. The smallest absolute Gasteiger partial charge is 0.0962 e. The summed E-state index contributed by atoms with van der Waals surface area (Å²) in [6.45, 7) is 3.75. The van der Waals surface area contributed by atoms with Gasteiger partial charge in [-0.15, -0.1) is 0 Å². The van der Waals surface area contributed by atoms with Crippen molar-refractivity contribution in [3.8, 4) is 0 Å². The first-order valence-corrected chi connectivity index (χ1v) is 7.21. The molecule has 0 fully saturated rings. The quantitative estimate of drug-likeness (QED) is 0.574. The third-order valence-corrected chi connectivity index (χ3v) is 3.88. The molecule has 0 radical (unpaired) electrons. The zero-order valence-electron chi connectivity index (χ0n) is 11.9. The molecule has 4 nitrogen and oxygen atoms in total. The Morgan fingerprint density at radius 2 is 1.71 bits per heavy atom. The van der Waals surface area contributed by atoms with Gasteiger partial charge in [-0.25, -0.2) is 4.98 Å². The van der Waals surface area contributed by atoms with Crippen molar-refractivity contribution in [2.24, 2.45) is 0 Å². The Labute approximate surface area is 122 Å². The molecule has 2 aromatic heterocycles. The minimum Gasteiger partial charge on any atom is -0.324 e. The minimum atomic E-state index is 0.744. The summed E-state index contributed by atoms with van der Waals surface area (Å²) >= 11 is 0. The summed E-state index contributed by atoms with van der Waals surface area (Å²) in [5.74, 6) is 0. The third-order valence-electron chi connectivity index (χ3n) is 3.88. The first-order chi connectivity index (χ1) is 10.4. The maximum atomic E-state index is 4.76. The number of hydrogen-bond acceptors (Lipinski definition) is 2. The van der Waals surface area contributed by atoms with Crippen LogP contribution in [0.2, 0.25) is 0 Å². The Morgan fingerprint density at radius 3 is 2.57 bits per heavy atom. The van der Waals surface area contributed by atoms with Crippen LogP contribution in [0, 0.1) is 0 Å². The number of fused-ring (bicyclic) bond motifs is 2. The molecule has 0 N–H and O–H groups in total. The number of benzene rings is 2. The van der Waals surface area contributed by atoms with Gasteiger partial charge >= 0.3 is 0 Å². The molecule has 4 heteroatoms. The summed E-state index contributed by atoms with van der Waals surface area (Å²) in [5.41, 5.74) is 4.46. The van der Waals surface area contributed by atoms with Crippen LogP contribution in [0.1, 0.15) is 12.6 Å². The second-order valence-corrected chi connectivity index (χ2v) is 5.14. The predicted molar refractivity (Wildman–Crippen MR) is 84.2 cm³/mol. The highest BCUT2D eigenvalue weighted by atomic mass is 15.3. The van der Waals surface area contributed by atoms with Gasteiger partial charge in [0.2, 0.25) is 0 Å². The lowest BCUT2D eigenvalue weighted by atomic mass is 10.2. The van der Waals surface area contributed by atoms with Gasteiger partial charge in [-0.3, -0.25) is 4.68 Å². The van der Waals surface area contributed by atoms with Crippen LogP contribution in [-0.2, 0) is 13.1 Å². The van der Waals surface area contributed by atoms with Gasteiger partial charge in [0.25, 0.3) is 0 Å². The molecule has 0 saturated carbocycles. The molecule has 0 aliphatic heterocycles. The lowest BCUT2D eigenvalue weighted by Gasteiger charge is -2.02. The monoisotopic (exact) mass is 276 g/mol. The van der Waals surface area contributed by atoms with E-state index in [-0.39, 0.29) is 0 Å². The number of hydrogen-bond donors (Lipinski definition) is 0. The molecule has 0 spiro atoms. The molecule has 104 valence electrons. The van der Waals surface area contributed by atoms with Gasteiger partial charge in [0.15, 0.2) is 0 Å². The molecular weight excluding hydrogens is 260 g/mol. The van der Waals surface area contributed by atoms with E-state index >= 15 is 0 Å². The van der Waals surface area contributed by atoms with E-state index in [4.69, 9.17) is 5.10 Å². The zero-order chi connectivity index (χ0) is 14.2. The molecule has 21 heavy (non-hydrogen) atoms. The van der Waals surface area contributed by atoms with Gasteiger partial charge in [0, 0.05) is 11.9 Å². The second-order valence-electron chi connectivity index (χ2n) is 5.14. The van der Waals surface area contributed by atoms with Gasteiger partial charge in [0.1, 0.15) is 0 Å². The molecule has 0 atom stereocenters. The summed E-state index contributed by atoms with van der Waals surface area (Å²) in [4.78, 5) is 4.45. The SMILES string of the molecule is CCn1nc(Cn2cnc3ccccc32)c2ccccc21. The van der Waals surface area contributed by atoms with Crippen LogP contribution in [-0.4, -0.2) is 19.3 Å². The van der Waals surface area contributed by atoms with E-state index in [2.05, 4.69) is 51.5 Å². The third kappa shape index (κ3) is 1.91. The maximum Gasteiger partial charge on any atom is 0.0962 e. The van der Waals surface area contributed by atoms with Crippen molar-refractivity contribution >= 4 is 21.9 Å². The Hall–Kier alpha value is -2.62. The fourth-order valence-corrected chi connectivity index (χ4v) is 2.85. The molecule has 0 unspecified atom stereocenters. The standard InChI is InChI=1S/C17H16N4/c1-2-21-16-9-5-3-7-13(16)15(19-21)11-20-12-18-14-8-4-6-10-17(14)20/h3-10,12H,2,11H2,1H3. The highest BCUT2D eigenvalue weighted by molar-refractivity contribution is 5.82. The van der Waals surface area contributed by atoms with E-state index in [9.17, 15) is 0 Å². The Kier molecular flexibility index (Phi) is 2.74. The largest absolute Gasteiger partial charge is 0.324 e. The van der Waals surface area contributed by atoms with Gasteiger partial charge < -0.3 is 4.57 Å². The van der Waals surface area contributed by atoms with Crippen LogP contribution in [0.15, 0.2) is 54.9 Å². The van der Waals surface area contributed by atoms with E-state index in [1.807, 2.05) is 24.5 Å². The molecule has 0 bridgehead atoms. The first-order valence-electron chi connectivity index (χ1n) is 7.21. The normalized spacial score (nSPS) is 11.5. The Balaban J connectivity index is 1.84. The minimum absolute atomic E-state index is 0.744. The molecule has 2 heterocycles. The summed E-state index contributed by atoms with van der Waals surface area (Å²) in [6, 6.07) is 16.6. The van der Waals surface area contributed by atoms with Crippen molar-refractivity contribution in [2.45, 2.75) is 20.0 Å². The molecule has 0 aliphatic carbocycles. The number of imidazole rings is 1. The van der Waals surface area contributed by atoms with Crippen molar-refractivity contribution in [3.05, 3.63) is 60.6 Å². The van der Waals surface area contributed by atoms with Crippen molar-refractivity contribution in [1.82, 2.24) is 19.3 Å². The summed E-state index contributed by atoms with van der Waals surface area (Å²) < 4.78 is 4.22. The number of aromatic nitrogens is 4. The Morgan fingerprint density at radius 1 is 0.952 bits per heavy atom. The predicted octanol–water partition coefficient (Wildman–Crippen LogP) is 3.45. The fraction of sp³-hybridized carbons (Fsp3) is 0.176. The van der Waals surface area contributed by atoms with Crippen LogP contribution in [0.3, 0.4) is 0 Å². The van der Waals surface area contributed by atoms with Crippen molar-refractivity contribution < 1.29 is 0 Å². The number of nitrogens with zero attached hydrogens (tertiary/aromatic N) is 4. The lowest BCUT2D eigenvalue weighted by molar-refractivity contribution is 0.656. The molecular formula is C17H16N4. The van der Waals surface area contributed by atoms with Crippen molar-refractivity contribution in [2.75, 3.05) is 0 Å². The second kappa shape index (κ2) is 4.74. The van der Waals surface area contributed by atoms with Crippen LogP contribution in [0.25, 0.3) is 21.9 Å². The van der Waals surface area contributed by atoms with E-state index < -0.39 is 0 Å². The number of para-hydroxylation sites is 3. The summed E-state index contributed by atoms with van der Waals surface area (Å²) in [7, 11) is 0. The molecule has 2 aromatic carbocycles. The van der Waals surface area contributed by atoms with Gasteiger partial charge in [-0.05, 0) is 25.1 Å². The van der Waals surface area contributed by atoms with Gasteiger partial charge in [-0.1, -0.05) is 30.3 Å². The van der Waals surface area contributed by atoms with E-state index in [1.165, 1.54) is 10.9 Å². The van der Waals surface area contributed by atoms with Crippen molar-refractivity contribution in [1.29, 1.82) is 0 Å².